The van der Waals surface area contributed by atoms with Gasteiger partial charge in [-0.1, -0.05) is 12.1 Å². The first-order chi connectivity index (χ1) is 10.7. The first-order valence-electron chi connectivity index (χ1n) is 6.54. The van der Waals surface area contributed by atoms with Gasteiger partial charge in [-0.2, -0.15) is 13.2 Å². The molecule has 0 fully saturated rings. The normalized spacial score (nSPS) is 11.3. The van der Waals surface area contributed by atoms with Crippen LogP contribution in [-0.4, -0.2) is 24.7 Å². The molecule has 0 spiro atoms. The van der Waals surface area contributed by atoms with E-state index in [2.05, 4.69) is 10.1 Å². The third-order valence-electron chi connectivity index (χ3n) is 3.15. The monoisotopic (exact) mass is 329 g/mol. The van der Waals surface area contributed by atoms with Crippen LogP contribution in [0.4, 0.5) is 19.1 Å². The van der Waals surface area contributed by atoms with Gasteiger partial charge in [-0.15, -0.1) is 0 Å². The molecule has 23 heavy (non-hydrogen) atoms. The SMILES string of the molecule is COC(=O)CNc1oc(C)c(O)c1-c1cccc(C(F)(F)F)c1. The Morgan fingerprint density at radius 3 is 2.70 bits per heavy atom. The highest BCUT2D eigenvalue weighted by atomic mass is 19.4. The summed E-state index contributed by atoms with van der Waals surface area (Å²) in [5, 5.41) is 12.7. The highest BCUT2D eigenvalue weighted by molar-refractivity contribution is 5.84. The first kappa shape index (κ1) is 16.7. The van der Waals surface area contributed by atoms with E-state index in [1.165, 1.54) is 26.2 Å². The Labute approximate surface area is 129 Å². The zero-order valence-electron chi connectivity index (χ0n) is 12.3. The Kier molecular flexibility index (Phi) is 4.53. The molecule has 0 radical (unpaired) electrons. The van der Waals surface area contributed by atoms with Crippen molar-refractivity contribution in [2.45, 2.75) is 13.1 Å². The quantitative estimate of drug-likeness (QED) is 0.839. The minimum atomic E-state index is -4.51. The number of alkyl halides is 3. The lowest BCUT2D eigenvalue weighted by molar-refractivity contribution is -0.139. The molecular weight excluding hydrogens is 315 g/mol. The molecule has 0 atom stereocenters. The third-order valence-corrected chi connectivity index (χ3v) is 3.15. The molecule has 0 amide bonds. The molecule has 2 N–H and O–H groups in total. The van der Waals surface area contributed by atoms with Crippen molar-refractivity contribution in [3.63, 3.8) is 0 Å². The lowest BCUT2D eigenvalue weighted by atomic mass is 10.0. The van der Waals surface area contributed by atoms with E-state index in [0.717, 1.165) is 12.1 Å². The molecule has 0 aliphatic rings. The number of carbonyl (C=O) groups excluding carboxylic acids is 1. The molecule has 0 saturated carbocycles. The number of benzene rings is 1. The molecular formula is C15H14F3NO4. The van der Waals surface area contributed by atoms with Gasteiger partial charge < -0.3 is 19.6 Å². The number of esters is 1. The molecule has 1 aromatic carbocycles. The predicted molar refractivity (Wildman–Crippen MR) is 76.1 cm³/mol. The van der Waals surface area contributed by atoms with Crippen LogP contribution in [0.3, 0.4) is 0 Å². The van der Waals surface area contributed by atoms with Crippen molar-refractivity contribution in [1.29, 1.82) is 0 Å². The fraction of sp³-hybridized carbons (Fsp3) is 0.267. The summed E-state index contributed by atoms with van der Waals surface area (Å²) < 4.78 is 48.2. The van der Waals surface area contributed by atoms with Gasteiger partial charge in [0.2, 0.25) is 5.88 Å². The van der Waals surface area contributed by atoms with Gasteiger partial charge in [0.25, 0.3) is 0 Å². The van der Waals surface area contributed by atoms with Crippen molar-refractivity contribution in [2.24, 2.45) is 0 Å². The Hall–Kier alpha value is -2.64. The summed E-state index contributed by atoms with van der Waals surface area (Å²) in [5.41, 5.74) is -0.689. The van der Waals surface area contributed by atoms with Crippen molar-refractivity contribution >= 4 is 11.9 Å². The fourth-order valence-corrected chi connectivity index (χ4v) is 2.00. The Bertz CT molecular complexity index is 722. The zero-order valence-corrected chi connectivity index (χ0v) is 12.3. The average Bonchev–Trinajstić information content (AvgIpc) is 2.79. The minimum absolute atomic E-state index is 0.00951. The number of methoxy groups -OCH3 is 1. The van der Waals surface area contributed by atoms with E-state index >= 15 is 0 Å². The molecule has 0 unspecified atom stereocenters. The lowest BCUT2D eigenvalue weighted by Crippen LogP contribution is -2.15. The van der Waals surface area contributed by atoms with Gasteiger partial charge in [0.15, 0.2) is 5.75 Å². The lowest BCUT2D eigenvalue weighted by Gasteiger charge is -2.09. The number of ether oxygens (including phenoxy) is 1. The predicted octanol–water partition coefficient (Wildman–Crippen LogP) is 3.56. The maximum absolute atomic E-state index is 12.8. The van der Waals surface area contributed by atoms with Crippen molar-refractivity contribution in [3.05, 3.63) is 35.6 Å². The molecule has 5 nitrogen and oxygen atoms in total. The number of halogens is 3. The molecule has 1 heterocycles. The van der Waals surface area contributed by atoms with Gasteiger partial charge in [0.1, 0.15) is 12.3 Å². The number of hydrogen-bond donors (Lipinski definition) is 2. The standard InChI is InChI=1S/C15H14F3NO4/c1-8-13(21)12(14(23-8)19-7-11(20)22-2)9-4-3-5-10(6-9)15(16,17)18/h3-6,19,21H,7H2,1-2H3. The van der Waals surface area contributed by atoms with E-state index in [1.54, 1.807) is 0 Å². The van der Waals surface area contributed by atoms with Gasteiger partial charge in [-0.3, -0.25) is 4.79 Å². The van der Waals surface area contributed by atoms with Crippen molar-refractivity contribution < 1.29 is 32.2 Å². The Morgan fingerprint density at radius 2 is 2.09 bits per heavy atom. The molecule has 0 aliphatic carbocycles. The van der Waals surface area contributed by atoms with Gasteiger partial charge in [0.05, 0.1) is 18.2 Å². The van der Waals surface area contributed by atoms with Crippen LogP contribution in [0.25, 0.3) is 11.1 Å². The first-order valence-corrected chi connectivity index (χ1v) is 6.54. The minimum Gasteiger partial charge on any atom is -0.504 e. The maximum Gasteiger partial charge on any atom is 0.416 e. The highest BCUT2D eigenvalue weighted by Crippen LogP contribution is 2.42. The second-order valence-corrected chi connectivity index (χ2v) is 4.72. The molecule has 2 aromatic rings. The molecule has 2 rings (SSSR count). The van der Waals surface area contributed by atoms with E-state index in [9.17, 15) is 23.1 Å². The maximum atomic E-state index is 12.8. The van der Waals surface area contributed by atoms with E-state index in [4.69, 9.17) is 4.42 Å². The number of furan rings is 1. The van der Waals surface area contributed by atoms with Crippen LogP contribution in [0, 0.1) is 6.92 Å². The number of hydrogen-bond acceptors (Lipinski definition) is 5. The van der Waals surface area contributed by atoms with Crippen LogP contribution >= 0.6 is 0 Å². The van der Waals surface area contributed by atoms with Crippen LogP contribution in [0.5, 0.6) is 5.75 Å². The van der Waals surface area contributed by atoms with Gasteiger partial charge in [0, 0.05) is 0 Å². The number of anilines is 1. The summed E-state index contributed by atoms with van der Waals surface area (Å²) in [4.78, 5) is 11.2. The summed E-state index contributed by atoms with van der Waals surface area (Å²) in [6, 6.07) is 4.45. The van der Waals surface area contributed by atoms with Crippen LogP contribution in [0.1, 0.15) is 11.3 Å². The number of carbonyl (C=O) groups is 1. The van der Waals surface area contributed by atoms with Gasteiger partial charge in [-0.25, -0.2) is 0 Å². The van der Waals surface area contributed by atoms with Crippen LogP contribution < -0.4 is 5.32 Å². The molecule has 0 saturated heterocycles. The van der Waals surface area contributed by atoms with Gasteiger partial charge >= 0.3 is 12.1 Å². The number of aromatic hydroxyl groups is 1. The van der Waals surface area contributed by atoms with E-state index < -0.39 is 17.7 Å². The van der Waals surface area contributed by atoms with Gasteiger partial charge in [-0.05, 0) is 24.6 Å². The van der Waals surface area contributed by atoms with Crippen LogP contribution in [0.2, 0.25) is 0 Å². The largest absolute Gasteiger partial charge is 0.504 e. The topological polar surface area (TPSA) is 71.7 Å². The molecule has 1 aromatic heterocycles. The average molecular weight is 329 g/mol. The third kappa shape index (κ3) is 3.58. The molecule has 0 bridgehead atoms. The van der Waals surface area contributed by atoms with E-state index in [-0.39, 0.29) is 35.1 Å². The number of aryl methyl sites for hydroxylation is 1. The summed E-state index contributed by atoms with van der Waals surface area (Å²) >= 11 is 0. The highest BCUT2D eigenvalue weighted by Gasteiger charge is 2.31. The number of nitrogens with one attached hydrogen (secondary N) is 1. The Balaban J connectivity index is 2.44. The molecule has 124 valence electrons. The summed E-state index contributed by atoms with van der Waals surface area (Å²) in [6.07, 6.45) is -4.51. The van der Waals surface area contributed by atoms with E-state index in [1.807, 2.05) is 0 Å². The fourth-order valence-electron chi connectivity index (χ4n) is 2.00. The smallest absolute Gasteiger partial charge is 0.416 e. The summed E-state index contributed by atoms with van der Waals surface area (Å²) in [5.74, 6) is -0.778. The summed E-state index contributed by atoms with van der Waals surface area (Å²) in [6.45, 7) is 1.20. The van der Waals surface area contributed by atoms with Crippen LogP contribution in [-0.2, 0) is 15.7 Å². The zero-order chi connectivity index (χ0) is 17.2. The molecule has 0 aliphatic heterocycles. The Morgan fingerprint density at radius 1 is 1.39 bits per heavy atom. The molecule has 8 heteroatoms. The van der Waals surface area contributed by atoms with Crippen molar-refractivity contribution in [1.82, 2.24) is 0 Å². The van der Waals surface area contributed by atoms with E-state index in [0.29, 0.717) is 0 Å². The van der Waals surface area contributed by atoms with Crippen molar-refractivity contribution in [3.8, 4) is 16.9 Å². The van der Waals surface area contributed by atoms with Crippen molar-refractivity contribution in [2.75, 3.05) is 19.0 Å². The summed E-state index contributed by atoms with van der Waals surface area (Å²) in [7, 11) is 1.20. The second-order valence-electron chi connectivity index (χ2n) is 4.72. The second kappa shape index (κ2) is 6.23. The van der Waals surface area contributed by atoms with Crippen LogP contribution in [0.15, 0.2) is 28.7 Å². The number of rotatable bonds is 4.